The number of hydrogen-bond donors (Lipinski definition) is 0. The van der Waals surface area contributed by atoms with Crippen molar-refractivity contribution in [2.24, 2.45) is 0 Å². The zero-order valence-electron chi connectivity index (χ0n) is 5.50. The Morgan fingerprint density at radius 3 is 3.30 bits per heavy atom. The van der Waals surface area contributed by atoms with E-state index in [-0.39, 0.29) is 0 Å². The predicted molar refractivity (Wildman–Crippen MR) is 34.0 cm³/mol. The fraction of sp³-hybridized carbons (Fsp3) is 0.429. The van der Waals surface area contributed by atoms with Crippen LogP contribution >= 0.6 is 0 Å². The third-order valence-electron chi connectivity index (χ3n) is 1.47. The fourth-order valence-corrected chi connectivity index (χ4v) is 0.982. The zero-order chi connectivity index (χ0) is 6.81. The highest BCUT2D eigenvalue weighted by Crippen LogP contribution is 2.19. The molecule has 0 aromatic carbocycles. The summed E-state index contributed by atoms with van der Waals surface area (Å²) >= 11 is 0. The topological polar surface area (TPSA) is 27.7 Å². The maximum Gasteiger partial charge on any atom is 0.230 e. The molecule has 0 spiro atoms. The van der Waals surface area contributed by atoms with Crippen LogP contribution in [0.25, 0.3) is 0 Å². The molecule has 3 heteroatoms. The molecule has 0 saturated heterocycles. The minimum absolute atomic E-state index is 0.329. The van der Waals surface area contributed by atoms with E-state index in [1.807, 2.05) is 6.08 Å². The summed E-state index contributed by atoms with van der Waals surface area (Å²) in [5.74, 6) is 0.914. The molecule has 2 rings (SSSR count). The van der Waals surface area contributed by atoms with E-state index < -0.39 is 0 Å². The predicted octanol–water partition coefficient (Wildman–Crippen LogP) is 0.789. The summed E-state index contributed by atoms with van der Waals surface area (Å²) in [6, 6.07) is 0. The second kappa shape index (κ2) is 2.34. The van der Waals surface area contributed by atoms with Crippen LogP contribution in [0, 0.1) is 0 Å². The summed E-state index contributed by atoms with van der Waals surface area (Å²) in [4.78, 5) is 0. The Bertz CT molecular complexity index is 171. The quantitative estimate of drug-likeness (QED) is 0.498. The monoisotopic (exact) mass is 140 g/mol. The van der Waals surface area contributed by atoms with Crippen molar-refractivity contribution < 1.29 is 14.2 Å². The van der Waals surface area contributed by atoms with Crippen molar-refractivity contribution in [2.75, 3.05) is 20.0 Å². The summed E-state index contributed by atoms with van der Waals surface area (Å²) in [6.45, 7) is 1.58. The van der Waals surface area contributed by atoms with Crippen molar-refractivity contribution in [2.45, 2.75) is 0 Å². The minimum Gasteiger partial charge on any atom is -0.465 e. The van der Waals surface area contributed by atoms with Crippen molar-refractivity contribution >= 4 is 0 Å². The molecule has 0 N–H and O–H groups in total. The molecule has 0 saturated carbocycles. The van der Waals surface area contributed by atoms with Crippen LogP contribution in [-0.4, -0.2) is 20.0 Å². The van der Waals surface area contributed by atoms with E-state index in [0.717, 1.165) is 11.3 Å². The van der Waals surface area contributed by atoms with Gasteiger partial charge in [0.25, 0.3) is 0 Å². The molecule has 0 atom stereocenters. The lowest BCUT2D eigenvalue weighted by Crippen LogP contribution is -2.15. The maximum absolute atomic E-state index is 5.17. The molecule has 2 heterocycles. The van der Waals surface area contributed by atoms with Gasteiger partial charge < -0.3 is 14.2 Å². The van der Waals surface area contributed by atoms with Crippen LogP contribution in [0.4, 0.5) is 0 Å². The molecule has 2 aliphatic heterocycles. The van der Waals surface area contributed by atoms with Crippen LogP contribution in [0.2, 0.25) is 0 Å². The van der Waals surface area contributed by atoms with Crippen LogP contribution in [0.3, 0.4) is 0 Å². The highest BCUT2D eigenvalue weighted by atomic mass is 16.7. The molecule has 0 fully saturated rings. The Morgan fingerprint density at radius 2 is 2.40 bits per heavy atom. The van der Waals surface area contributed by atoms with Gasteiger partial charge in [0.15, 0.2) is 0 Å². The molecule has 54 valence electrons. The van der Waals surface area contributed by atoms with Crippen molar-refractivity contribution in [3.63, 3.8) is 0 Å². The van der Waals surface area contributed by atoms with Gasteiger partial charge in [-0.25, -0.2) is 0 Å². The molecule has 0 aromatic heterocycles. The smallest absolute Gasteiger partial charge is 0.230 e. The van der Waals surface area contributed by atoms with E-state index in [1.165, 1.54) is 0 Å². The highest BCUT2D eigenvalue weighted by molar-refractivity contribution is 5.27. The standard InChI is InChI=1S/C7H8O3/c1-2-8-3-6-4-9-5-10-7(1)6/h1,4H,2-3,5H2. The first-order valence-corrected chi connectivity index (χ1v) is 3.18. The van der Waals surface area contributed by atoms with E-state index in [9.17, 15) is 0 Å². The molecule has 2 aliphatic rings. The Balaban J connectivity index is 2.25. The van der Waals surface area contributed by atoms with Gasteiger partial charge in [0, 0.05) is 0 Å². The average Bonchev–Trinajstić information content (AvgIpc) is 2.05. The maximum atomic E-state index is 5.17. The number of fused-ring (bicyclic) bond motifs is 1. The second-order valence-electron chi connectivity index (χ2n) is 2.16. The Morgan fingerprint density at radius 1 is 1.40 bits per heavy atom. The van der Waals surface area contributed by atoms with E-state index in [1.54, 1.807) is 6.26 Å². The van der Waals surface area contributed by atoms with Crippen LogP contribution in [-0.2, 0) is 14.2 Å². The molecule has 0 aromatic rings. The first kappa shape index (κ1) is 5.80. The molecule has 10 heavy (non-hydrogen) atoms. The number of rotatable bonds is 0. The lowest BCUT2D eigenvalue weighted by molar-refractivity contribution is 0.00275. The van der Waals surface area contributed by atoms with Crippen molar-refractivity contribution in [3.8, 4) is 0 Å². The van der Waals surface area contributed by atoms with Gasteiger partial charge in [-0.1, -0.05) is 0 Å². The van der Waals surface area contributed by atoms with Gasteiger partial charge in [0.05, 0.1) is 25.0 Å². The molecule has 0 amide bonds. The lowest BCUT2D eigenvalue weighted by atomic mass is 10.2. The van der Waals surface area contributed by atoms with Crippen molar-refractivity contribution in [3.05, 3.63) is 23.7 Å². The first-order chi connectivity index (χ1) is 4.97. The van der Waals surface area contributed by atoms with E-state index in [0.29, 0.717) is 20.0 Å². The SMILES string of the molecule is C1=C2COCC=C2OCO1. The normalized spacial score (nSPS) is 23.2. The molecular weight excluding hydrogens is 132 g/mol. The van der Waals surface area contributed by atoms with Gasteiger partial charge in [0.2, 0.25) is 6.79 Å². The molecule has 0 aliphatic carbocycles. The zero-order valence-corrected chi connectivity index (χ0v) is 5.50. The summed E-state index contributed by atoms with van der Waals surface area (Å²) in [5, 5.41) is 0. The minimum atomic E-state index is 0.329. The highest BCUT2D eigenvalue weighted by Gasteiger charge is 2.15. The summed E-state index contributed by atoms with van der Waals surface area (Å²) < 4.78 is 15.2. The van der Waals surface area contributed by atoms with E-state index in [4.69, 9.17) is 14.2 Å². The Hall–Kier alpha value is -0.960. The van der Waals surface area contributed by atoms with Gasteiger partial charge in [-0.15, -0.1) is 0 Å². The summed E-state index contributed by atoms with van der Waals surface area (Å²) in [5.41, 5.74) is 0.998. The van der Waals surface area contributed by atoms with Crippen molar-refractivity contribution in [1.82, 2.24) is 0 Å². The van der Waals surface area contributed by atoms with Crippen LogP contribution in [0.1, 0.15) is 0 Å². The van der Waals surface area contributed by atoms with Crippen LogP contribution in [0.5, 0.6) is 0 Å². The van der Waals surface area contributed by atoms with E-state index >= 15 is 0 Å². The second-order valence-corrected chi connectivity index (χ2v) is 2.16. The third-order valence-corrected chi connectivity index (χ3v) is 1.47. The Kier molecular flexibility index (Phi) is 1.36. The number of hydrogen-bond acceptors (Lipinski definition) is 3. The Labute approximate surface area is 58.9 Å². The molecule has 3 nitrogen and oxygen atoms in total. The van der Waals surface area contributed by atoms with Gasteiger partial charge in [-0.05, 0) is 6.08 Å². The van der Waals surface area contributed by atoms with Gasteiger partial charge in [-0.3, -0.25) is 0 Å². The summed E-state index contributed by atoms with van der Waals surface area (Å²) in [6.07, 6.45) is 3.60. The van der Waals surface area contributed by atoms with Crippen LogP contribution in [0.15, 0.2) is 23.7 Å². The van der Waals surface area contributed by atoms with Crippen molar-refractivity contribution in [1.29, 1.82) is 0 Å². The van der Waals surface area contributed by atoms with Gasteiger partial charge in [0.1, 0.15) is 5.76 Å². The average molecular weight is 140 g/mol. The van der Waals surface area contributed by atoms with Gasteiger partial charge in [-0.2, -0.15) is 0 Å². The van der Waals surface area contributed by atoms with Crippen LogP contribution < -0.4 is 0 Å². The summed E-state index contributed by atoms with van der Waals surface area (Å²) in [7, 11) is 0. The number of ether oxygens (including phenoxy) is 3. The molecule has 0 unspecified atom stereocenters. The molecule has 0 radical (unpaired) electrons. The van der Waals surface area contributed by atoms with E-state index in [2.05, 4.69) is 0 Å². The fourth-order valence-electron chi connectivity index (χ4n) is 0.982. The lowest BCUT2D eigenvalue weighted by Gasteiger charge is -2.21. The first-order valence-electron chi connectivity index (χ1n) is 3.18. The molecule has 0 bridgehead atoms. The largest absolute Gasteiger partial charge is 0.465 e. The molecular formula is C7H8O3. The third kappa shape index (κ3) is 0.885. The van der Waals surface area contributed by atoms with Gasteiger partial charge >= 0.3 is 0 Å².